The topological polar surface area (TPSA) is 84.5 Å². The summed E-state index contributed by atoms with van der Waals surface area (Å²) in [4.78, 5) is 23.8. The highest BCUT2D eigenvalue weighted by molar-refractivity contribution is 6.04. The second-order valence-corrected chi connectivity index (χ2v) is 4.85. The lowest BCUT2D eigenvalue weighted by atomic mass is 10.2. The molecule has 2 N–H and O–H groups in total. The molecule has 3 aromatic rings. The van der Waals surface area contributed by atoms with E-state index in [0.717, 1.165) is 0 Å². The Labute approximate surface area is 137 Å². The monoisotopic (exact) mass is 322 g/mol. The van der Waals surface area contributed by atoms with Crippen LogP contribution in [0.3, 0.4) is 0 Å². The minimum Gasteiger partial charge on any atom is -0.465 e. The summed E-state index contributed by atoms with van der Waals surface area (Å²) in [5.74, 6) is 0.137. The van der Waals surface area contributed by atoms with E-state index in [4.69, 9.17) is 8.83 Å². The fourth-order valence-electron chi connectivity index (χ4n) is 2.00. The summed E-state index contributed by atoms with van der Waals surface area (Å²) < 4.78 is 10.1. The molecule has 0 bridgehead atoms. The van der Waals surface area contributed by atoms with Gasteiger partial charge < -0.3 is 19.5 Å². The van der Waals surface area contributed by atoms with Gasteiger partial charge in [-0.1, -0.05) is 6.07 Å². The van der Waals surface area contributed by atoms with E-state index in [1.54, 1.807) is 54.6 Å². The normalized spacial score (nSPS) is 10.7. The van der Waals surface area contributed by atoms with Gasteiger partial charge >= 0.3 is 0 Å². The van der Waals surface area contributed by atoms with Crippen molar-refractivity contribution in [3.8, 4) is 0 Å². The third kappa shape index (κ3) is 4.01. The van der Waals surface area contributed by atoms with Crippen molar-refractivity contribution in [3.05, 3.63) is 78.7 Å². The maximum Gasteiger partial charge on any atom is 0.291 e. The van der Waals surface area contributed by atoms with Crippen molar-refractivity contribution < 1.29 is 18.4 Å². The van der Waals surface area contributed by atoms with Gasteiger partial charge in [0.15, 0.2) is 5.76 Å². The fraction of sp³-hybridized carbons (Fsp3) is 0. The molecule has 24 heavy (non-hydrogen) atoms. The molecule has 2 aromatic heterocycles. The van der Waals surface area contributed by atoms with Crippen LogP contribution in [0.25, 0.3) is 6.08 Å². The van der Waals surface area contributed by atoms with Gasteiger partial charge in [0.05, 0.1) is 12.5 Å². The van der Waals surface area contributed by atoms with Crippen LogP contribution in [0.5, 0.6) is 0 Å². The van der Waals surface area contributed by atoms with Crippen LogP contribution in [-0.4, -0.2) is 11.8 Å². The fourth-order valence-corrected chi connectivity index (χ4v) is 2.00. The number of benzene rings is 1. The van der Waals surface area contributed by atoms with Crippen LogP contribution in [0, 0.1) is 0 Å². The van der Waals surface area contributed by atoms with Crippen molar-refractivity contribution >= 4 is 29.3 Å². The smallest absolute Gasteiger partial charge is 0.291 e. The van der Waals surface area contributed by atoms with E-state index in [2.05, 4.69) is 10.6 Å². The third-order valence-corrected chi connectivity index (χ3v) is 3.08. The number of nitrogens with one attached hydrogen (secondary N) is 2. The first-order chi connectivity index (χ1) is 11.7. The number of rotatable bonds is 5. The summed E-state index contributed by atoms with van der Waals surface area (Å²) in [6, 6.07) is 13.5. The molecule has 0 atom stereocenters. The molecule has 2 amide bonds. The maximum atomic E-state index is 11.9. The minimum atomic E-state index is -0.360. The van der Waals surface area contributed by atoms with E-state index < -0.39 is 0 Å². The van der Waals surface area contributed by atoms with Gasteiger partial charge in [-0.2, -0.15) is 0 Å². The van der Waals surface area contributed by atoms with Gasteiger partial charge in [0.25, 0.3) is 5.91 Å². The summed E-state index contributed by atoms with van der Waals surface area (Å²) in [6.45, 7) is 0. The zero-order valence-corrected chi connectivity index (χ0v) is 12.6. The summed E-state index contributed by atoms with van der Waals surface area (Å²) >= 11 is 0. The Morgan fingerprint density at radius 1 is 0.875 bits per heavy atom. The first-order valence-electron chi connectivity index (χ1n) is 7.18. The molecule has 1 aromatic carbocycles. The molecule has 0 radical (unpaired) electrons. The van der Waals surface area contributed by atoms with Gasteiger partial charge in [-0.25, -0.2) is 0 Å². The van der Waals surface area contributed by atoms with Crippen LogP contribution < -0.4 is 10.6 Å². The van der Waals surface area contributed by atoms with Gasteiger partial charge in [0.1, 0.15) is 5.76 Å². The van der Waals surface area contributed by atoms with Crippen LogP contribution in [-0.2, 0) is 4.79 Å². The number of furan rings is 2. The molecule has 0 spiro atoms. The molecule has 6 heteroatoms. The molecule has 0 aliphatic carbocycles. The second-order valence-electron chi connectivity index (χ2n) is 4.85. The molecule has 120 valence electrons. The van der Waals surface area contributed by atoms with E-state index >= 15 is 0 Å². The van der Waals surface area contributed by atoms with E-state index in [9.17, 15) is 9.59 Å². The Bertz CT molecular complexity index is 849. The lowest BCUT2D eigenvalue weighted by molar-refractivity contribution is -0.111. The molecule has 3 rings (SSSR count). The van der Waals surface area contributed by atoms with Crippen molar-refractivity contribution in [2.45, 2.75) is 0 Å². The highest BCUT2D eigenvalue weighted by Gasteiger charge is 2.09. The largest absolute Gasteiger partial charge is 0.465 e. The Hall–Kier alpha value is -3.54. The Kier molecular flexibility index (Phi) is 4.57. The maximum absolute atomic E-state index is 11.9. The standard InChI is InChI=1S/C18H14N2O4/c21-17(9-8-15-6-2-10-23-15)19-13-4-1-5-14(12-13)20-18(22)16-7-3-11-24-16/h1-12H,(H,19,21)(H,20,22)/b9-8+. The van der Waals surface area contributed by atoms with Crippen molar-refractivity contribution in [3.63, 3.8) is 0 Å². The predicted molar refractivity (Wildman–Crippen MR) is 89.5 cm³/mol. The first-order valence-corrected chi connectivity index (χ1v) is 7.18. The van der Waals surface area contributed by atoms with Crippen LogP contribution in [0.4, 0.5) is 11.4 Å². The molecule has 6 nitrogen and oxygen atoms in total. The number of hydrogen-bond acceptors (Lipinski definition) is 4. The lowest BCUT2D eigenvalue weighted by Crippen LogP contribution is -2.12. The molecular weight excluding hydrogens is 308 g/mol. The zero-order chi connectivity index (χ0) is 16.8. The highest BCUT2D eigenvalue weighted by Crippen LogP contribution is 2.16. The number of carbonyl (C=O) groups excluding carboxylic acids is 2. The average Bonchev–Trinajstić information content (AvgIpc) is 3.27. The summed E-state index contributed by atoms with van der Waals surface area (Å²) in [7, 11) is 0. The number of amides is 2. The molecule has 2 heterocycles. The summed E-state index contributed by atoms with van der Waals surface area (Å²) in [6.07, 6.45) is 5.89. The predicted octanol–water partition coefficient (Wildman–Crippen LogP) is 3.78. The first kappa shape index (κ1) is 15.4. The van der Waals surface area contributed by atoms with Gasteiger partial charge in [-0.15, -0.1) is 0 Å². The van der Waals surface area contributed by atoms with Crippen LogP contribution >= 0.6 is 0 Å². The highest BCUT2D eigenvalue weighted by atomic mass is 16.3. The lowest BCUT2D eigenvalue weighted by Gasteiger charge is -2.06. The van der Waals surface area contributed by atoms with E-state index in [1.807, 2.05) is 0 Å². The molecule has 0 unspecified atom stereocenters. The quantitative estimate of drug-likeness (QED) is 0.700. The minimum absolute atomic E-state index is 0.214. The van der Waals surface area contributed by atoms with Gasteiger partial charge in [0, 0.05) is 17.5 Å². The number of carbonyl (C=O) groups is 2. The number of anilines is 2. The molecule has 0 aliphatic rings. The second kappa shape index (κ2) is 7.15. The Morgan fingerprint density at radius 2 is 1.62 bits per heavy atom. The molecular formula is C18H14N2O4. The van der Waals surface area contributed by atoms with E-state index in [-0.39, 0.29) is 17.6 Å². The third-order valence-electron chi connectivity index (χ3n) is 3.08. The van der Waals surface area contributed by atoms with Crippen LogP contribution in [0.1, 0.15) is 16.3 Å². The molecule has 0 saturated heterocycles. The van der Waals surface area contributed by atoms with Gasteiger partial charge in [-0.05, 0) is 48.5 Å². The van der Waals surface area contributed by atoms with Crippen molar-refractivity contribution in [1.82, 2.24) is 0 Å². The van der Waals surface area contributed by atoms with Crippen LogP contribution in [0.2, 0.25) is 0 Å². The number of hydrogen-bond donors (Lipinski definition) is 2. The average molecular weight is 322 g/mol. The summed E-state index contributed by atoms with van der Waals surface area (Å²) in [5.41, 5.74) is 1.10. The van der Waals surface area contributed by atoms with Gasteiger partial charge in [0.2, 0.25) is 5.91 Å². The molecule has 0 fully saturated rings. The molecule has 0 saturated carbocycles. The van der Waals surface area contributed by atoms with Crippen molar-refractivity contribution in [1.29, 1.82) is 0 Å². The van der Waals surface area contributed by atoms with Crippen molar-refractivity contribution in [2.75, 3.05) is 10.6 Å². The van der Waals surface area contributed by atoms with E-state index in [1.165, 1.54) is 18.6 Å². The zero-order valence-electron chi connectivity index (χ0n) is 12.6. The SMILES string of the molecule is O=C(/C=C/c1ccco1)Nc1cccc(NC(=O)c2ccco2)c1. The Morgan fingerprint density at radius 3 is 2.33 bits per heavy atom. The van der Waals surface area contributed by atoms with Crippen LogP contribution in [0.15, 0.2) is 76.0 Å². The van der Waals surface area contributed by atoms with E-state index in [0.29, 0.717) is 17.1 Å². The summed E-state index contributed by atoms with van der Waals surface area (Å²) in [5, 5.41) is 5.41. The van der Waals surface area contributed by atoms with Crippen molar-refractivity contribution in [2.24, 2.45) is 0 Å². The Balaban J connectivity index is 1.62. The molecule has 0 aliphatic heterocycles. The van der Waals surface area contributed by atoms with Gasteiger partial charge in [-0.3, -0.25) is 9.59 Å².